The van der Waals surface area contributed by atoms with Gasteiger partial charge in [-0.2, -0.15) is 5.10 Å². The molecule has 6 rings (SSSR count). The summed E-state index contributed by atoms with van der Waals surface area (Å²) in [4.78, 5) is 27.7. The van der Waals surface area contributed by atoms with Crippen molar-refractivity contribution in [3.8, 4) is 5.88 Å². The van der Waals surface area contributed by atoms with Crippen molar-refractivity contribution in [2.45, 2.75) is 43.9 Å². The number of anilines is 1. The van der Waals surface area contributed by atoms with Crippen molar-refractivity contribution in [1.82, 2.24) is 24.9 Å². The zero-order valence-electron chi connectivity index (χ0n) is 16.0. The van der Waals surface area contributed by atoms with Crippen LogP contribution in [-0.4, -0.2) is 44.2 Å². The van der Waals surface area contributed by atoms with Gasteiger partial charge in [0.2, 0.25) is 5.88 Å². The average Bonchev–Trinajstić information content (AvgIpc) is 3.48. The molecule has 1 saturated heterocycles. The third kappa shape index (κ3) is 2.71. The van der Waals surface area contributed by atoms with Crippen molar-refractivity contribution in [2.75, 3.05) is 11.7 Å². The van der Waals surface area contributed by atoms with Gasteiger partial charge in [0.15, 0.2) is 11.5 Å². The number of ether oxygens (including phenoxy) is 1. The second kappa shape index (κ2) is 6.63. The van der Waals surface area contributed by atoms with E-state index >= 15 is 0 Å². The van der Waals surface area contributed by atoms with E-state index in [2.05, 4.69) is 20.4 Å². The third-order valence-electron chi connectivity index (χ3n) is 5.97. The van der Waals surface area contributed by atoms with E-state index < -0.39 is 5.82 Å². The molecule has 3 atom stereocenters. The first kappa shape index (κ1) is 17.6. The molecule has 0 aromatic carbocycles. The van der Waals surface area contributed by atoms with Crippen LogP contribution in [0.4, 0.5) is 10.2 Å². The standard InChI is InChI=1S/C20H19FN6O3/c21-11-8-12-15-5-7-29-27(15)17-4-6-26-18(25-17)13(10-23-26)19(28)24-14-2-1-3-16(14)30-20(12)22-9-11/h4,6,8-10,14-16H,1-3,5,7H2,(H,24,28)/t14-,15-,16+/m1/s1. The van der Waals surface area contributed by atoms with Gasteiger partial charge in [0.25, 0.3) is 5.91 Å². The number of aromatic nitrogens is 4. The number of hydrogen-bond acceptors (Lipinski definition) is 7. The molecule has 3 aromatic rings. The zero-order valence-corrected chi connectivity index (χ0v) is 16.0. The number of pyridine rings is 1. The number of hydrogen-bond donors (Lipinski definition) is 1. The van der Waals surface area contributed by atoms with Crippen molar-refractivity contribution in [3.63, 3.8) is 0 Å². The van der Waals surface area contributed by atoms with Crippen LogP contribution in [0, 0.1) is 5.82 Å². The van der Waals surface area contributed by atoms with Gasteiger partial charge in [-0.3, -0.25) is 9.63 Å². The van der Waals surface area contributed by atoms with Gasteiger partial charge in [0.1, 0.15) is 17.5 Å². The molecular weight excluding hydrogens is 391 g/mol. The van der Waals surface area contributed by atoms with Crippen LogP contribution in [0.5, 0.6) is 5.88 Å². The van der Waals surface area contributed by atoms with Crippen LogP contribution in [-0.2, 0) is 4.84 Å². The van der Waals surface area contributed by atoms with Crippen molar-refractivity contribution < 1.29 is 18.8 Å². The number of rotatable bonds is 0. The van der Waals surface area contributed by atoms with Crippen LogP contribution >= 0.6 is 0 Å². The van der Waals surface area contributed by atoms with Crippen molar-refractivity contribution in [1.29, 1.82) is 0 Å². The summed E-state index contributed by atoms with van der Waals surface area (Å²) in [5, 5.41) is 8.95. The Kier molecular flexibility index (Phi) is 3.88. The Hall–Kier alpha value is -3.27. The highest BCUT2D eigenvalue weighted by Gasteiger charge is 2.36. The second-order valence-electron chi connectivity index (χ2n) is 7.79. The average molecular weight is 410 g/mol. The minimum absolute atomic E-state index is 0.174. The Bertz CT molecular complexity index is 1150. The predicted molar refractivity (Wildman–Crippen MR) is 102 cm³/mol. The molecular formula is C20H19FN6O3. The number of carbonyl (C=O) groups excluding carboxylic acids is 1. The van der Waals surface area contributed by atoms with Gasteiger partial charge in [-0.1, -0.05) is 0 Å². The van der Waals surface area contributed by atoms with Crippen molar-refractivity contribution in [3.05, 3.63) is 47.7 Å². The molecule has 9 nitrogen and oxygen atoms in total. The lowest BCUT2D eigenvalue weighted by molar-refractivity contribution is 0.0890. The first-order chi connectivity index (χ1) is 14.7. The van der Waals surface area contributed by atoms with Crippen molar-refractivity contribution in [2.24, 2.45) is 0 Å². The van der Waals surface area contributed by atoms with Gasteiger partial charge >= 0.3 is 0 Å². The molecule has 10 heteroatoms. The van der Waals surface area contributed by atoms with Gasteiger partial charge < -0.3 is 10.1 Å². The van der Waals surface area contributed by atoms with E-state index in [-0.39, 0.29) is 24.1 Å². The number of nitrogens with one attached hydrogen (secondary N) is 1. The summed E-state index contributed by atoms with van der Waals surface area (Å²) >= 11 is 0. The monoisotopic (exact) mass is 410 g/mol. The highest BCUT2D eigenvalue weighted by atomic mass is 19.1. The summed E-state index contributed by atoms with van der Waals surface area (Å²) in [6.45, 7) is 0.451. The Morgan fingerprint density at radius 1 is 1.23 bits per heavy atom. The summed E-state index contributed by atoms with van der Waals surface area (Å²) in [7, 11) is 0. The van der Waals surface area contributed by atoms with E-state index in [4.69, 9.17) is 9.57 Å². The molecule has 0 unspecified atom stereocenters. The number of amides is 1. The first-order valence-corrected chi connectivity index (χ1v) is 10.1. The minimum atomic E-state index is -0.439. The van der Waals surface area contributed by atoms with Gasteiger partial charge in [-0.05, 0) is 25.3 Å². The van der Waals surface area contributed by atoms with E-state index in [1.807, 2.05) is 0 Å². The fourth-order valence-electron chi connectivity index (χ4n) is 4.52. The smallest absolute Gasteiger partial charge is 0.257 e. The molecule has 1 aliphatic carbocycles. The number of nitrogens with zero attached hydrogens (tertiary/aromatic N) is 5. The maximum atomic E-state index is 14.2. The normalized spacial score (nSPS) is 25.6. The Labute approximate surface area is 170 Å². The van der Waals surface area contributed by atoms with Crippen LogP contribution in [0.2, 0.25) is 0 Å². The summed E-state index contributed by atoms with van der Waals surface area (Å²) < 4.78 is 22.0. The van der Waals surface area contributed by atoms with Crippen LogP contribution in [0.15, 0.2) is 30.7 Å². The van der Waals surface area contributed by atoms with Crippen LogP contribution in [0.1, 0.15) is 47.6 Å². The fraction of sp³-hybridized carbons (Fsp3) is 0.400. The molecule has 5 heterocycles. The molecule has 1 amide bonds. The largest absolute Gasteiger partial charge is 0.472 e. The lowest BCUT2D eigenvalue weighted by Crippen LogP contribution is -2.42. The summed E-state index contributed by atoms with van der Waals surface area (Å²) in [5.74, 6) is 0.187. The molecule has 154 valence electrons. The Balaban J connectivity index is 1.55. The molecule has 3 aromatic heterocycles. The molecule has 0 spiro atoms. The van der Waals surface area contributed by atoms with Crippen LogP contribution in [0.25, 0.3) is 5.65 Å². The summed E-state index contributed by atoms with van der Waals surface area (Å²) in [5.41, 5.74) is 1.44. The zero-order chi connectivity index (χ0) is 20.2. The quantitative estimate of drug-likeness (QED) is 0.607. The van der Waals surface area contributed by atoms with Crippen LogP contribution in [0.3, 0.4) is 0 Å². The molecule has 2 bridgehead atoms. The lowest BCUT2D eigenvalue weighted by atomic mass is 10.1. The third-order valence-corrected chi connectivity index (χ3v) is 5.97. The molecule has 2 fully saturated rings. The Morgan fingerprint density at radius 3 is 3.10 bits per heavy atom. The van der Waals surface area contributed by atoms with Crippen LogP contribution < -0.4 is 15.1 Å². The van der Waals surface area contributed by atoms with E-state index in [1.165, 1.54) is 12.3 Å². The SMILES string of the molecule is O=C1N[C@@H]2CCC[C@@H]2Oc2ncc(F)cc2[C@H]2CCON2c2ccn3ncc1c3n2. The number of hydroxylamine groups is 1. The maximum Gasteiger partial charge on any atom is 0.257 e. The number of fused-ring (bicyclic) bond motifs is 6. The fourth-order valence-corrected chi connectivity index (χ4v) is 4.52. The molecule has 1 saturated carbocycles. The molecule has 0 radical (unpaired) electrons. The highest BCUT2D eigenvalue weighted by Crippen LogP contribution is 2.39. The highest BCUT2D eigenvalue weighted by molar-refractivity contribution is 6.00. The van der Waals surface area contributed by atoms with E-state index in [9.17, 15) is 9.18 Å². The summed E-state index contributed by atoms with van der Waals surface area (Å²) in [6, 6.07) is 2.71. The molecule has 1 N–H and O–H groups in total. The van der Waals surface area contributed by atoms with Crippen molar-refractivity contribution >= 4 is 17.4 Å². The van der Waals surface area contributed by atoms with Gasteiger partial charge in [0, 0.05) is 24.2 Å². The van der Waals surface area contributed by atoms with E-state index in [0.717, 1.165) is 25.5 Å². The van der Waals surface area contributed by atoms with E-state index in [0.29, 0.717) is 41.5 Å². The topological polar surface area (TPSA) is 93.9 Å². The second-order valence-corrected chi connectivity index (χ2v) is 7.79. The first-order valence-electron chi connectivity index (χ1n) is 10.1. The maximum absolute atomic E-state index is 14.2. The number of halogens is 1. The molecule has 30 heavy (non-hydrogen) atoms. The minimum Gasteiger partial charge on any atom is -0.472 e. The lowest BCUT2D eigenvalue weighted by Gasteiger charge is -2.26. The summed E-state index contributed by atoms with van der Waals surface area (Å²) in [6.07, 6.45) is 7.28. The predicted octanol–water partition coefficient (Wildman–Crippen LogP) is 2.19. The molecule has 2 aliphatic heterocycles. The van der Waals surface area contributed by atoms with Gasteiger partial charge in [0.05, 0.1) is 31.1 Å². The van der Waals surface area contributed by atoms with E-state index in [1.54, 1.807) is 21.8 Å². The molecule has 3 aliphatic rings. The number of carbonyl (C=O) groups is 1. The van der Waals surface area contributed by atoms with Gasteiger partial charge in [-0.25, -0.2) is 23.9 Å². The Morgan fingerprint density at radius 2 is 2.17 bits per heavy atom. The van der Waals surface area contributed by atoms with Gasteiger partial charge in [-0.15, -0.1) is 0 Å².